The van der Waals surface area contributed by atoms with E-state index in [0.717, 1.165) is 35.0 Å². The molecule has 5 nitrogen and oxygen atoms in total. The van der Waals surface area contributed by atoms with Crippen LogP contribution in [0.3, 0.4) is 0 Å². The van der Waals surface area contributed by atoms with Crippen LogP contribution in [0.5, 0.6) is 23.0 Å². The van der Waals surface area contributed by atoms with E-state index in [1.807, 2.05) is 55.5 Å². The Bertz CT molecular complexity index is 970. The minimum atomic E-state index is -0.124. The third-order valence-electron chi connectivity index (χ3n) is 4.67. The van der Waals surface area contributed by atoms with Crippen molar-refractivity contribution in [1.82, 2.24) is 5.32 Å². The average Bonchev–Trinajstić information content (AvgIpc) is 3.16. The van der Waals surface area contributed by atoms with E-state index in [4.69, 9.17) is 14.2 Å². The standard InChI is InChI=1S/C24H23NO4/c1-2-27-19-10-8-17(9-11-19)24(26)25-16-22-15-18-14-21(12-13-23(18)29-22)28-20-6-4-3-5-7-20/h3-14,22H,2,15-16H2,1H3,(H,25,26)/t22-/m0/s1. The van der Waals surface area contributed by atoms with Crippen LogP contribution in [0.4, 0.5) is 0 Å². The third kappa shape index (κ3) is 4.69. The van der Waals surface area contributed by atoms with E-state index in [-0.39, 0.29) is 12.0 Å². The second-order valence-electron chi connectivity index (χ2n) is 6.80. The van der Waals surface area contributed by atoms with Crippen molar-refractivity contribution in [2.45, 2.75) is 19.4 Å². The van der Waals surface area contributed by atoms with E-state index < -0.39 is 0 Å². The SMILES string of the molecule is CCOc1ccc(C(=O)NC[C@@H]2Cc3cc(Oc4ccccc4)ccc3O2)cc1. The number of para-hydroxylation sites is 1. The maximum absolute atomic E-state index is 12.4. The van der Waals surface area contributed by atoms with Gasteiger partial charge in [0.05, 0.1) is 13.2 Å². The highest BCUT2D eigenvalue weighted by atomic mass is 16.5. The summed E-state index contributed by atoms with van der Waals surface area (Å²) in [6.45, 7) is 2.97. The largest absolute Gasteiger partial charge is 0.494 e. The number of nitrogens with one attached hydrogen (secondary N) is 1. The number of hydrogen-bond donors (Lipinski definition) is 1. The Morgan fingerprint density at radius 1 is 1.00 bits per heavy atom. The fraction of sp³-hybridized carbons (Fsp3) is 0.208. The lowest BCUT2D eigenvalue weighted by Gasteiger charge is -2.12. The molecular formula is C24H23NO4. The molecule has 3 aromatic rings. The molecule has 29 heavy (non-hydrogen) atoms. The molecule has 0 unspecified atom stereocenters. The Morgan fingerprint density at radius 3 is 2.52 bits per heavy atom. The highest BCUT2D eigenvalue weighted by Crippen LogP contribution is 2.33. The van der Waals surface area contributed by atoms with Crippen LogP contribution in [0.2, 0.25) is 0 Å². The zero-order chi connectivity index (χ0) is 20.1. The summed E-state index contributed by atoms with van der Waals surface area (Å²) in [4.78, 5) is 12.4. The molecule has 148 valence electrons. The van der Waals surface area contributed by atoms with Gasteiger partial charge in [0.15, 0.2) is 0 Å². The molecule has 1 heterocycles. The topological polar surface area (TPSA) is 56.8 Å². The summed E-state index contributed by atoms with van der Waals surface area (Å²) in [7, 11) is 0. The Morgan fingerprint density at radius 2 is 1.76 bits per heavy atom. The number of carbonyl (C=O) groups is 1. The van der Waals surface area contributed by atoms with E-state index in [0.29, 0.717) is 18.7 Å². The smallest absolute Gasteiger partial charge is 0.251 e. The Labute approximate surface area is 170 Å². The van der Waals surface area contributed by atoms with Crippen LogP contribution in [0.1, 0.15) is 22.8 Å². The molecule has 4 rings (SSSR count). The number of hydrogen-bond acceptors (Lipinski definition) is 4. The van der Waals surface area contributed by atoms with Crippen molar-refractivity contribution < 1.29 is 19.0 Å². The van der Waals surface area contributed by atoms with E-state index >= 15 is 0 Å². The molecular weight excluding hydrogens is 366 g/mol. The summed E-state index contributed by atoms with van der Waals surface area (Å²) in [6, 6.07) is 22.6. The van der Waals surface area contributed by atoms with Gasteiger partial charge in [-0.05, 0) is 61.5 Å². The number of fused-ring (bicyclic) bond motifs is 1. The molecule has 1 N–H and O–H groups in total. The highest BCUT2D eigenvalue weighted by Gasteiger charge is 2.24. The van der Waals surface area contributed by atoms with Crippen LogP contribution < -0.4 is 19.5 Å². The molecule has 1 aliphatic rings. The van der Waals surface area contributed by atoms with Gasteiger partial charge in [-0.3, -0.25) is 4.79 Å². The monoisotopic (exact) mass is 389 g/mol. The molecule has 0 aromatic heterocycles. The van der Waals surface area contributed by atoms with Crippen molar-refractivity contribution in [1.29, 1.82) is 0 Å². The molecule has 0 aliphatic carbocycles. The molecule has 0 bridgehead atoms. The number of ether oxygens (including phenoxy) is 3. The van der Waals surface area contributed by atoms with Crippen LogP contribution in [-0.4, -0.2) is 25.2 Å². The van der Waals surface area contributed by atoms with Crippen LogP contribution >= 0.6 is 0 Å². The summed E-state index contributed by atoms with van der Waals surface area (Å²) in [6.07, 6.45) is 0.633. The van der Waals surface area contributed by atoms with Gasteiger partial charge in [0, 0.05) is 17.5 Å². The van der Waals surface area contributed by atoms with E-state index in [1.54, 1.807) is 24.3 Å². The molecule has 1 aliphatic heterocycles. The van der Waals surface area contributed by atoms with Crippen molar-refractivity contribution in [2.75, 3.05) is 13.2 Å². The van der Waals surface area contributed by atoms with Gasteiger partial charge in [-0.2, -0.15) is 0 Å². The van der Waals surface area contributed by atoms with Gasteiger partial charge in [0.25, 0.3) is 5.91 Å². The number of amides is 1. The average molecular weight is 389 g/mol. The molecule has 5 heteroatoms. The van der Waals surface area contributed by atoms with Gasteiger partial charge < -0.3 is 19.5 Å². The lowest BCUT2D eigenvalue weighted by atomic mass is 10.1. The van der Waals surface area contributed by atoms with Crippen molar-refractivity contribution in [2.24, 2.45) is 0 Å². The van der Waals surface area contributed by atoms with Crippen molar-refractivity contribution in [3.63, 3.8) is 0 Å². The highest BCUT2D eigenvalue weighted by molar-refractivity contribution is 5.94. The first-order chi connectivity index (χ1) is 14.2. The molecule has 1 amide bonds. The van der Waals surface area contributed by atoms with E-state index in [2.05, 4.69) is 5.32 Å². The molecule has 1 atom stereocenters. The predicted octanol–water partition coefficient (Wildman–Crippen LogP) is 4.61. The first kappa shape index (κ1) is 18.9. The minimum Gasteiger partial charge on any atom is -0.494 e. The number of carbonyl (C=O) groups excluding carboxylic acids is 1. The van der Waals surface area contributed by atoms with Gasteiger partial charge >= 0.3 is 0 Å². The summed E-state index contributed by atoms with van der Waals surface area (Å²) in [5, 5.41) is 2.95. The molecule has 0 fully saturated rings. The Kier molecular flexibility index (Phi) is 5.66. The fourth-order valence-corrected chi connectivity index (χ4v) is 3.28. The van der Waals surface area contributed by atoms with Gasteiger partial charge in [-0.1, -0.05) is 18.2 Å². The minimum absolute atomic E-state index is 0.0939. The molecule has 0 spiro atoms. The summed E-state index contributed by atoms with van der Waals surface area (Å²) in [5.74, 6) is 3.04. The van der Waals surface area contributed by atoms with Crippen LogP contribution in [0, 0.1) is 0 Å². The second kappa shape index (κ2) is 8.69. The van der Waals surface area contributed by atoms with Gasteiger partial charge in [0.2, 0.25) is 0 Å². The lowest BCUT2D eigenvalue weighted by molar-refractivity contribution is 0.0933. The van der Waals surface area contributed by atoms with Crippen molar-refractivity contribution in [3.8, 4) is 23.0 Å². The van der Waals surface area contributed by atoms with Gasteiger partial charge in [-0.25, -0.2) is 0 Å². The molecule has 0 saturated heterocycles. The summed E-state index contributed by atoms with van der Waals surface area (Å²) < 4.78 is 17.2. The molecule has 0 saturated carbocycles. The lowest BCUT2D eigenvalue weighted by Crippen LogP contribution is -2.34. The maximum atomic E-state index is 12.4. The van der Waals surface area contributed by atoms with Crippen LogP contribution in [-0.2, 0) is 6.42 Å². The maximum Gasteiger partial charge on any atom is 0.251 e. The first-order valence-corrected chi connectivity index (χ1v) is 9.75. The fourth-order valence-electron chi connectivity index (χ4n) is 3.28. The molecule has 3 aromatic carbocycles. The van der Waals surface area contributed by atoms with Crippen LogP contribution in [0.15, 0.2) is 72.8 Å². The molecule has 0 radical (unpaired) electrons. The number of benzene rings is 3. The van der Waals surface area contributed by atoms with E-state index in [1.165, 1.54) is 0 Å². The van der Waals surface area contributed by atoms with Crippen LogP contribution in [0.25, 0.3) is 0 Å². The normalized spacial score (nSPS) is 14.6. The Balaban J connectivity index is 1.32. The predicted molar refractivity (Wildman–Crippen MR) is 111 cm³/mol. The third-order valence-corrected chi connectivity index (χ3v) is 4.67. The van der Waals surface area contributed by atoms with Crippen molar-refractivity contribution >= 4 is 5.91 Å². The second-order valence-corrected chi connectivity index (χ2v) is 6.80. The van der Waals surface area contributed by atoms with Crippen molar-refractivity contribution in [3.05, 3.63) is 83.9 Å². The summed E-state index contributed by atoms with van der Waals surface area (Å²) >= 11 is 0. The first-order valence-electron chi connectivity index (χ1n) is 9.75. The Hall–Kier alpha value is -3.47. The van der Waals surface area contributed by atoms with E-state index in [9.17, 15) is 4.79 Å². The zero-order valence-electron chi connectivity index (χ0n) is 16.3. The number of rotatable bonds is 7. The zero-order valence-corrected chi connectivity index (χ0v) is 16.3. The van der Waals surface area contributed by atoms with Gasteiger partial charge in [0.1, 0.15) is 29.1 Å². The quantitative estimate of drug-likeness (QED) is 0.641. The summed E-state index contributed by atoms with van der Waals surface area (Å²) in [5.41, 5.74) is 1.68. The van der Waals surface area contributed by atoms with Gasteiger partial charge in [-0.15, -0.1) is 0 Å².